The molecular weight excluding hydrogens is 428 g/mol. The highest BCUT2D eigenvalue weighted by Gasteiger charge is 2.21. The van der Waals surface area contributed by atoms with Gasteiger partial charge in [-0.2, -0.15) is 0 Å². The highest BCUT2D eigenvalue weighted by atomic mass is 35.5. The van der Waals surface area contributed by atoms with Crippen LogP contribution in [0.3, 0.4) is 0 Å². The van der Waals surface area contributed by atoms with E-state index in [9.17, 15) is 24.5 Å². The molecule has 160 valence electrons. The zero-order valence-electron chi connectivity index (χ0n) is 16.2. The standard InChI is InChI=1S/C20H17ClN4O6/c21-13-1-6-16-17(11-13)23(12-18(26)22-7-9-31-10-8-22)20(28)24(19(16)27)14-2-4-15(5-3-14)25(29)30/h1-6,11H,7-10,12H2. The van der Waals surface area contributed by atoms with Crippen molar-refractivity contribution in [1.29, 1.82) is 0 Å². The van der Waals surface area contributed by atoms with Crippen LogP contribution in [0.1, 0.15) is 0 Å². The van der Waals surface area contributed by atoms with Gasteiger partial charge in [0.2, 0.25) is 5.91 Å². The molecule has 3 aromatic rings. The average Bonchev–Trinajstić information content (AvgIpc) is 2.77. The number of morpholine rings is 1. The van der Waals surface area contributed by atoms with Crippen molar-refractivity contribution in [3.8, 4) is 5.69 Å². The molecule has 1 aliphatic rings. The van der Waals surface area contributed by atoms with Gasteiger partial charge in [-0.3, -0.25) is 24.3 Å². The molecule has 0 unspecified atom stereocenters. The van der Waals surface area contributed by atoms with E-state index in [-0.39, 0.29) is 34.7 Å². The third kappa shape index (κ3) is 3.94. The lowest BCUT2D eigenvalue weighted by Crippen LogP contribution is -2.45. The summed E-state index contributed by atoms with van der Waals surface area (Å²) in [4.78, 5) is 51.1. The van der Waals surface area contributed by atoms with Crippen molar-refractivity contribution < 1.29 is 14.5 Å². The van der Waals surface area contributed by atoms with E-state index in [4.69, 9.17) is 16.3 Å². The van der Waals surface area contributed by atoms with Crippen LogP contribution in [0.25, 0.3) is 16.6 Å². The minimum absolute atomic E-state index is 0.157. The maximum absolute atomic E-state index is 13.3. The molecule has 1 amide bonds. The number of amides is 1. The number of nitro groups is 1. The summed E-state index contributed by atoms with van der Waals surface area (Å²) in [5.41, 5.74) is -1.13. The van der Waals surface area contributed by atoms with Crippen molar-refractivity contribution in [3.05, 3.63) is 78.4 Å². The number of carbonyl (C=O) groups is 1. The van der Waals surface area contributed by atoms with Crippen LogP contribution in [0.2, 0.25) is 5.02 Å². The zero-order valence-corrected chi connectivity index (χ0v) is 16.9. The van der Waals surface area contributed by atoms with Crippen molar-refractivity contribution >= 4 is 34.1 Å². The fourth-order valence-electron chi connectivity index (χ4n) is 3.49. The van der Waals surface area contributed by atoms with Gasteiger partial charge >= 0.3 is 5.69 Å². The highest BCUT2D eigenvalue weighted by Crippen LogP contribution is 2.18. The Labute approximate surface area is 180 Å². The third-order valence-corrected chi connectivity index (χ3v) is 5.32. The Morgan fingerprint density at radius 2 is 1.77 bits per heavy atom. The summed E-state index contributed by atoms with van der Waals surface area (Å²) < 4.78 is 7.35. The minimum Gasteiger partial charge on any atom is -0.378 e. The molecule has 2 aromatic carbocycles. The Morgan fingerprint density at radius 3 is 2.42 bits per heavy atom. The number of hydrogen-bond acceptors (Lipinski definition) is 6. The lowest BCUT2D eigenvalue weighted by atomic mass is 10.2. The van der Waals surface area contributed by atoms with Crippen molar-refractivity contribution in [2.75, 3.05) is 26.3 Å². The third-order valence-electron chi connectivity index (χ3n) is 5.08. The van der Waals surface area contributed by atoms with E-state index in [1.807, 2.05) is 0 Å². The predicted molar refractivity (Wildman–Crippen MR) is 113 cm³/mol. The average molecular weight is 445 g/mol. The van der Waals surface area contributed by atoms with Crippen LogP contribution in [0.15, 0.2) is 52.1 Å². The molecule has 0 N–H and O–H groups in total. The monoisotopic (exact) mass is 444 g/mol. The maximum Gasteiger partial charge on any atom is 0.336 e. The van der Waals surface area contributed by atoms with Crippen molar-refractivity contribution in [2.24, 2.45) is 0 Å². The van der Waals surface area contributed by atoms with E-state index in [1.165, 1.54) is 47.0 Å². The van der Waals surface area contributed by atoms with Gasteiger partial charge in [0.25, 0.3) is 11.2 Å². The smallest absolute Gasteiger partial charge is 0.336 e. The largest absolute Gasteiger partial charge is 0.378 e. The summed E-state index contributed by atoms with van der Waals surface area (Å²) in [5, 5.41) is 11.4. The Morgan fingerprint density at radius 1 is 1.10 bits per heavy atom. The molecule has 1 saturated heterocycles. The van der Waals surface area contributed by atoms with Gasteiger partial charge in [-0.1, -0.05) is 11.6 Å². The van der Waals surface area contributed by atoms with Crippen LogP contribution in [0, 0.1) is 10.1 Å². The van der Waals surface area contributed by atoms with Gasteiger partial charge in [0.15, 0.2) is 0 Å². The Balaban J connectivity index is 1.88. The first-order valence-electron chi connectivity index (χ1n) is 9.42. The fraction of sp³-hybridized carbons (Fsp3) is 0.250. The Hall–Kier alpha value is -3.50. The highest BCUT2D eigenvalue weighted by molar-refractivity contribution is 6.31. The molecule has 2 heterocycles. The second-order valence-electron chi connectivity index (χ2n) is 6.94. The molecule has 0 aliphatic carbocycles. The van der Waals surface area contributed by atoms with Crippen LogP contribution in [-0.4, -0.2) is 51.2 Å². The molecule has 0 bridgehead atoms. The van der Waals surface area contributed by atoms with Gasteiger partial charge in [0.05, 0.1) is 34.7 Å². The molecule has 31 heavy (non-hydrogen) atoms. The molecule has 0 atom stereocenters. The fourth-order valence-corrected chi connectivity index (χ4v) is 3.66. The summed E-state index contributed by atoms with van der Waals surface area (Å²) in [6, 6.07) is 9.51. The molecule has 4 rings (SSSR count). The molecule has 1 fully saturated rings. The van der Waals surface area contributed by atoms with E-state index in [0.717, 1.165) is 4.57 Å². The zero-order chi connectivity index (χ0) is 22.1. The summed E-state index contributed by atoms with van der Waals surface area (Å²) in [7, 11) is 0. The van der Waals surface area contributed by atoms with Gasteiger partial charge in [0, 0.05) is 30.2 Å². The lowest BCUT2D eigenvalue weighted by molar-refractivity contribution is -0.384. The number of carbonyl (C=O) groups excluding carboxylic acids is 1. The lowest BCUT2D eigenvalue weighted by Gasteiger charge is -2.27. The van der Waals surface area contributed by atoms with Crippen LogP contribution >= 0.6 is 11.6 Å². The van der Waals surface area contributed by atoms with Gasteiger partial charge in [-0.05, 0) is 30.3 Å². The molecule has 10 nitrogen and oxygen atoms in total. The number of nitro benzene ring substituents is 1. The van der Waals surface area contributed by atoms with Gasteiger partial charge in [0.1, 0.15) is 6.54 Å². The van der Waals surface area contributed by atoms with E-state index in [0.29, 0.717) is 31.3 Å². The van der Waals surface area contributed by atoms with Crippen LogP contribution in [-0.2, 0) is 16.1 Å². The van der Waals surface area contributed by atoms with E-state index < -0.39 is 16.2 Å². The number of aromatic nitrogens is 2. The molecule has 1 aliphatic heterocycles. The number of hydrogen-bond donors (Lipinski definition) is 0. The number of benzene rings is 2. The number of rotatable bonds is 4. The molecule has 11 heteroatoms. The molecule has 0 spiro atoms. The van der Waals surface area contributed by atoms with Crippen molar-refractivity contribution in [1.82, 2.24) is 14.0 Å². The first kappa shape index (κ1) is 20.8. The SMILES string of the molecule is O=C(Cn1c(=O)n(-c2ccc([N+](=O)[O-])cc2)c(=O)c2ccc(Cl)cc21)N1CCOCC1. The Kier molecular flexibility index (Phi) is 5.57. The van der Waals surface area contributed by atoms with Crippen LogP contribution in [0.4, 0.5) is 5.69 Å². The normalized spacial score (nSPS) is 14.0. The predicted octanol–water partition coefficient (Wildman–Crippen LogP) is 1.57. The van der Waals surface area contributed by atoms with Crippen LogP contribution < -0.4 is 11.2 Å². The minimum atomic E-state index is -0.741. The molecule has 1 aromatic heterocycles. The summed E-state index contributed by atoms with van der Waals surface area (Å²) in [6.07, 6.45) is 0. The van der Waals surface area contributed by atoms with E-state index in [2.05, 4.69) is 0 Å². The van der Waals surface area contributed by atoms with E-state index >= 15 is 0 Å². The number of ether oxygens (including phenoxy) is 1. The molecule has 0 saturated carbocycles. The molecule has 0 radical (unpaired) electrons. The first-order chi connectivity index (χ1) is 14.9. The second-order valence-corrected chi connectivity index (χ2v) is 7.37. The quantitative estimate of drug-likeness (QED) is 0.445. The number of halogens is 1. The second kappa shape index (κ2) is 8.32. The first-order valence-corrected chi connectivity index (χ1v) is 9.80. The number of non-ortho nitro benzene ring substituents is 1. The maximum atomic E-state index is 13.3. The Bertz CT molecular complexity index is 1290. The van der Waals surface area contributed by atoms with Gasteiger partial charge in [-0.25, -0.2) is 9.36 Å². The number of fused-ring (bicyclic) bond motifs is 1. The summed E-state index contributed by atoms with van der Waals surface area (Å²) >= 11 is 6.08. The van der Waals surface area contributed by atoms with E-state index in [1.54, 1.807) is 4.90 Å². The topological polar surface area (TPSA) is 117 Å². The van der Waals surface area contributed by atoms with Gasteiger partial charge in [-0.15, -0.1) is 0 Å². The molecular formula is C20H17ClN4O6. The number of nitrogens with zero attached hydrogens (tertiary/aromatic N) is 4. The van der Waals surface area contributed by atoms with Crippen LogP contribution in [0.5, 0.6) is 0 Å². The van der Waals surface area contributed by atoms with Gasteiger partial charge < -0.3 is 9.64 Å². The van der Waals surface area contributed by atoms with Crippen molar-refractivity contribution in [3.63, 3.8) is 0 Å². The summed E-state index contributed by atoms with van der Waals surface area (Å²) in [6.45, 7) is 1.36. The summed E-state index contributed by atoms with van der Waals surface area (Å²) in [5.74, 6) is -0.291. The van der Waals surface area contributed by atoms with Crippen molar-refractivity contribution in [2.45, 2.75) is 6.54 Å².